The number of hydrogen-bond donors (Lipinski definition) is 2. The van der Waals surface area contributed by atoms with E-state index in [4.69, 9.17) is 0 Å². The summed E-state index contributed by atoms with van der Waals surface area (Å²) in [5.74, 6) is -0.329. The zero-order chi connectivity index (χ0) is 17.7. The minimum absolute atomic E-state index is 0.00853. The minimum atomic E-state index is -0.338. The molecule has 24 heavy (non-hydrogen) atoms. The van der Waals surface area contributed by atoms with Crippen LogP contribution in [0.2, 0.25) is 0 Å². The number of hydrogen-bond acceptors (Lipinski definition) is 3. The summed E-state index contributed by atoms with van der Waals surface area (Å²) < 4.78 is 12.9. The first-order chi connectivity index (χ1) is 11.4. The lowest BCUT2D eigenvalue weighted by molar-refractivity contribution is -0.126. The van der Waals surface area contributed by atoms with Gasteiger partial charge >= 0.3 is 6.03 Å². The van der Waals surface area contributed by atoms with E-state index in [2.05, 4.69) is 15.5 Å². The SMILES string of the molecule is CC(C)NC(=O)C(C)N1CCN(C(=O)Nc2ccc(F)cc2)CC1. The molecule has 0 radical (unpaired) electrons. The standard InChI is InChI=1S/C17H25FN4O2/c1-12(2)19-16(23)13(3)21-8-10-22(11-9-21)17(24)20-15-6-4-14(18)5-7-15/h4-7,12-13H,8-11H2,1-3H3,(H,19,23)(H,20,24). The summed E-state index contributed by atoms with van der Waals surface area (Å²) in [4.78, 5) is 28.1. The number of carbonyl (C=O) groups is 2. The van der Waals surface area contributed by atoms with Gasteiger partial charge in [0.1, 0.15) is 5.82 Å². The number of benzene rings is 1. The van der Waals surface area contributed by atoms with Crippen molar-refractivity contribution >= 4 is 17.6 Å². The highest BCUT2D eigenvalue weighted by Crippen LogP contribution is 2.12. The topological polar surface area (TPSA) is 64.7 Å². The van der Waals surface area contributed by atoms with Crippen molar-refractivity contribution in [1.29, 1.82) is 0 Å². The third kappa shape index (κ3) is 4.92. The van der Waals surface area contributed by atoms with Crippen LogP contribution in [0.1, 0.15) is 20.8 Å². The molecule has 3 amide bonds. The monoisotopic (exact) mass is 336 g/mol. The normalized spacial score (nSPS) is 16.8. The Balaban J connectivity index is 1.82. The summed E-state index contributed by atoms with van der Waals surface area (Å²) >= 11 is 0. The molecule has 0 spiro atoms. The van der Waals surface area contributed by atoms with Gasteiger partial charge in [0.05, 0.1) is 6.04 Å². The zero-order valence-electron chi connectivity index (χ0n) is 14.4. The lowest BCUT2D eigenvalue weighted by Gasteiger charge is -2.37. The molecule has 1 aromatic rings. The molecule has 132 valence electrons. The number of nitrogens with zero attached hydrogens (tertiary/aromatic N) is 2. The summed E-state index contributed by atoms with van der Waals surface area (Å²) in [6.07, 6.45) is 0. The van der Waals surface area contributed by atoms with E-state index in [9.17, 15) is 14.0 Å². The summed E-state index contributed by atoms with van der Waals surface area (Å²) in [6, 6.07) is 5.37. The highest BCUT2D eigenvalue weighted by atomic mass is 19.1. The van der Waals surface area contributed by atoms with Gasteiger partial charge < -0.3 is 15.5 Å². The number of halogens is 1. The molecule has 1 fully saturated rings. The van der Waals surface area contributed by atoms with Crippen molar-refractivity contribution in [3.8, 4) is 0 Å². The Bertz CT molecular complexity index is 568. The van der Waals surface area contributed by atoms with Crippen LogP contribution in [0.15, 0.2) is 24.3 Å². The van der Waals surface area contributed by atoms with Crippen molar-refractivity contribution in [2.24, 2.45) is 0 Å². The molecule has 0 aromatic heterocycles. The summed E-state index contributed by atoms with van der Waals surface area (Å²) in [5.41, 5.74) is 0.563. The van der Waals surface area contributed by atoms with Gasteiger partial charge in [-0.2, -0.15) is 0 Å². The van der Waals surface area contributed by atoms with E-state index >= 15 is 0 Å². The number of carbonyl (C=O) groups excluding carboxylic acids is 2. The Morgan fingerprint density at radius 1 is 1.04 bits per heavy atom. The molecule has 6 nitrogen and oxygen atoms in total. The lowest BCUT2D eigenvalue weighted by atomic mass is 10.2. The molecular weight excluding hydrogens is 311 g/mol. The van der Waals surface area contributed by atoms with Crippen LogP contribution in [-0.2, 0) is 4.79 Å². The molecular formula is C17H25FN4O2. The predicted octanol–water partition coefficient (Wildman–Crippen LogP) is 1.89. The van der Waals surface area contributed by atoms with E-state index in [0.29, 0.717) is 31.9 Å². The van der Waals surface area contributed by atoms with Crippen molar-refractivity contribution in [3.63, 3.8) is 0 Å². The molecule has 1 saturated heterocycles. The fourth-order valence-electron chi connectivity index (χ4n) is 2.62. The second-order valence-corrected chi connectivity index (χ2v) is 6.30. The Morgan fingerprint density at radius 3 is 2.17 bits per heavy atom. The van der Waals surface area contributed by atoms with E-state index in [1.54, 1.807) is 4.90 Å². The van der Waals surface area contributed by atoms with Crippen LogP contribution in [0.3, 0.4) is 0 Å². The molecule has 7 heteroatoms. The van der Waals surface area contributed by atoms with Crippen molar-refractivity contribution in [1.82, 2.24) is 15.1 Å². The predicted molar refractivity (Wildman–Crippen MR) is 91.3 cm³/mol. The van der Waals surface area contributed by atoms with Crippen LogP contribution in [0, 0.1) is 5.82 Å². The third-order valence-electron chi connectivity index (χ3n) is 4.06. The lowest BCUT2D eigenvalue weighted by Crippen LogP contribution is -2.56. The molecule has 1 unspecified atom stereocenters. The number of urea groups is 1. The molecule has 1 heterocycles. The molecule has 2 N–H and O–H groups in total. The summed E-state index contributed by atoms with van der Waals surface area (Å²) in [5, 5.41) is 5.66. The van der Waals surface area contributed by atoms with E-state index < -0.39 is 0 Å². The third-order valence-corrected chi connectivity index (χ3v) is 4.06. The van der Waals surface area contributed by atoms with Crippen molar-refractivity contribution < 1.29 is 14.0 Å². The molecule has 1 aliphatic rings. The summed E-state index contributed by atoms with van der Waals surface area (Å²) in [6.45, 7) is 8.13. The van der Waals surface area contributed by atoms with Crippen LogP contribution >= 0.6 is 0 Å². The molecule has 0 aliphatic carbocycles. The van der Waals surface area contributed by atoms with Crippen molar-refractivity contribution in [2.75, 3.05) is 31.5 Å². The first-order valence-electron chi connectivity index (χ1n) is 8.22. The van der Waals surface area contributed by atoms with E-state index in [1.807, 2.05) is 20.8 Å². The Labute approximate surface area is 142 Å². The van der Waals surface area contributed by atoms with Gasteiger partial charge in [0, 0.05) is 37.9 Å². The maximum atomic E-state index is 12.9. The van der Waals surface area contributed by atoms with Crippen LogP contribution in [0.4, 0.5) is 14.9 Å². The average Bonchev–Trinajstić information content (AvgIpc) is 2.55. The largest absolute Gasteiger partial charge is 0.353 e. The van der Waals surface area contributed by atoms with Gasteiger partial charge in [0.25, 0.3) is 0 Å². The van der Waals surface area contributed by atoms with Crippen LogP contribution in [0.5, 0.6) is 0 Å². The van der Waals surface area contributed by atoms with Gasteiger partial charge in [-0.3, -0.25) is 9.69 Å². The van der Waals surface area contributed by atoms with E-state index in [-0.39, 0.29) is 29.8 Å². The van der Waals surface area contributed by atoms with Gasteiger partial charge in [-0.1, -0.05) is 0 Å². The van der Waals surface area contributed by atoms with Crippen LogP contribution in [0.25, 0.3) is 0 Å². The Kier molecular flexibility index (Phi) is 6.14. The molecule has 1 aromatic carbocycles. The molecule has 0 saturated carbocycles. The van der Waals surface area contributed by atoms with Crippen LogP contribution < -0.4 is 10.6 Å². The van der Waals surface area contributed by atoms with Gasteiger partial charge in [-0.05, 0) is 45.0 Å². The highest BCUT2D eigenvalue weighted by Gasteiger charge is 2.27. The quantitative estimate of drug-likeness (QED) is 0.882. The van der Waals surface area contributed by atoms with Gasteiger partial charge in [0.15, 0.2) is 0 Å². The highest BCUT2D eigenvalue weighted by molar-refractivity contribution is 5.89. The number of nitrogens with one attached hydrogen (secondary N) is 2. The van der Waals surface area contributed by atoms with Crippen molar-refractivity contribution in [2.45, 2.75) is 32.9 Å². The minimum Gasteiger partial charge on any atom is -0.353 e. The Morgan fingerprint density at radius 2 is 1.62 bits per heavy atom. The number of rotatable bonds is 4. The molecule has 1 aliphatic heterocycles. The second-order valence-electron chi connectivity index (χ2n) is 6.30. The maximum absolute atomic E-state index is 12.9. The van der Waals surface area contributed by atoms with Crippen LogP contribution in [-0.4, -0.2) is 60.0 Å². The molecule has 2 rings (SSSR count). The number of anilines is 1. The number of piperazine rings is 1. The molecule has 1 atom stereocenters. The van der Waals surface area contributed by atoms with Gasteiger partial charge in [-0.25, -0.2) is 9.18 Å². The van der Waals surface area contributed by atoms with Gasteiger partial charge in [-0.15, -0.1) is 0 Å². The van der Waals surface area contributed by atoms with E-state index in [1.165, 1.54) is 24.3 Å². The first kappa shape index (κ1) is 18.2. The second kappa shape index (κ2) is 8.10. The van der Waals surface area contributed by atoms with Gasteiger partial charge in [0.2, 0.25) is 5.91 Å². The smallest absolute Gasteiger partial charge is 0.321 e. The molecule has 0 bridgehead atoms. The zero-order valence-corrected chi connectivity index (χ0v) is 14.4. The average molecular weight is 336 g/mol. The van der Waals surface area contributed by atoms with Crippen molar-refractivity contribution in [3.05, 3.63) is 30.1 Å². The fourth-order valence-corrected chi connectivity index (χ4v) is 2.62. The van der Waals surface area contributed by atoms with E-state index in [0.717, 1.165) is 0 Å². The Hall–Kier alpha value is -2.15. The fraction of sp³-hybridized carbons (Fsp3) is 0.529. The number of amides is 3. The maximum Gasteiger partial charge on any atom is 0.321 e. The summed E-state index contributed by atoms with van der Waals surface area (Å²) in [7, 11) is 0. The first-order valence-corrected chi connectivity index (χ1v) is 8.22.